The number of β-amino-alcohol motifs (C(OH)–C–C–N with tert-alkyl or cyclic N) is 1. The number of hydrogen-bond acceptors (Lipinski definition) is 5. The summed E-state index contributed by atoms with van der Waals surface area (Å²) in [6.45, 7) is 10.9. The van der Waals surface area contributed by atoms with Crippen LogP contribution in [0.4, 0.5) is 8.78 Å². The van der Waals surface area contributed by atoms with Gasteiger partial charge >= 0.3 is 0 Å². The summed E-state index contributed by atoms with van der Waals surface area (Å²) < 4.78 is 34.0. The van der Waals surface area contributed by atoms with Crippen LogP contribution in [0.1, 0.15) is 52.5 Å². The normalized spacial score (nSPS) is 23.5. The molecule has 3 N–H and O–H groups in total. The Bertz CT molecular complexity index is 1070. The lowest BCUT2D eigenvalue weighted by Crippen LogP contribution is -2.53. The summed E-state index contributed by atoms with van der Waals surface area (Å²) in [6, 6.07) is 3.20. The van der Waals surface area contributed by atoms with Crippen molar-refractivity contribution >= 4 is 11.8 Å². The quantitative estimate of drug-likeness (QED) is 0.417. The molecule has 2 unspecified atom stereocenters. The number of carbonyl (C=O) groups is 2. The van der Waals surface area contributed by atoms with Crippen molar-refractivity contribution in [2.24, 2.45) is 17.1 Å². The van der Waals surface area contributed by atoms with Crippen LogP contribution in [0.5, 0.6) is 0 Å². The molecule has 9 heteroatoms. The maximum Gasteiger partial charge on any atom is 0.249 e. The number of rotatable bonds is 12. The Labute approximate surface area is 230 Å². The van der Waals surface area contributed by atoms with Crippen LogP contribution in [-0.2, 0) is 20.7 Å². The maximum absolute atomic E-state index is 14.2. The van der Waals surface area contributed by atoms with E-state index in [0.29, 0.717) is 49.5 Å². The highest BCUT2D eigenvalue weighted by atomic mass is 19.1. The molecule has 4 atom stereocenters. The van der Waals surface area contributed by atoms with Gasteiger partial charge in [-0.2, -0.15) is 0 Å². The molecule has 0 bridgehead atoms. The van der Waals surface area contributed by atoms with Gasteiger partial charge < -0.3 is 20.5 Å². The van der Waals surface area contributed by atoms with Crippen LogP contribution >= 0.6 is 0 Å². The highest BCUT2D eigenvalue weighted by Crippen LogP contribution is 2.44. The minimum absolute atomic E-state index is 0.00146. The minimum Gasteiger partial charge on any atom is -0.391 e. The van der Waals surface area contributed by atoms with Crippen molar-refractivity contribution in [2.45, 2.75) is 65.6 Å². The third-order valence-corrected chi connectivity index (χ3v) is 7.65. The monoisotopic (exact) mass is 547 g/mol. The number of halogens is 2. The van der Waals surface area contributed by atoms with Gasteiger partial charge in [-0.05, 0) is 57.2 Å². The fraction of sp³-hybridized carbons (Fsp3) is 0.600. The van der Waals surface area contributed by atoms with Gasteiger partial charge in [-0.1, -0.05) is 31.6 Å². The zero-order valence-electron chi connectivity index (χ0n) is 23.6. The molecular formula is C30H43F2N3O4. The van der Waals surface area contributed by atoms with Crippen molar-refractivity contribution in [1.82, 2.24) is 9.80 Å². The van der Waals surface area contributed by atoms with Gasteiger partial charge in [0, 0.05) is 50.3 Å². The number of ether oxygens (including phenoxy) is 1. The van der Waals surface area contributed by atoms with Gasteiger partial charge in [0.1, 0.15) is 11.6 Å². The molecule has 2 amide bonds. The zero-order valence-corrected chi connectivity index (χ0v) is 23.6. The molecule has 216 valence electrons. The number of nitrogens with two attached hydrogens (primary N) is 1. The van der Waals surface area contributed by atoms with Gasteiger partial charge in [-0.15, -0.1) is 0 Å². The van der Waals surface area contributed by atoms with E-state index in [1.165, 1.54) is 12.1 Å². The van der Waals surface area contributed by atoms with E-state index in [0.717, 1.165) is 18.9 Å². The third-order valence-electron chi connectivity index (χ3n) is 7.65. The van der Waals surface area contributed by atoms with E-state index in [1.807, 2.05) is 20.8 Å². The van der Waals surface area contributed by atoms with Crippen LogP contribution in [0, 0.1) is 23.0 Å². The molecule has 0 saturated carbocycles. The van der Waals surface area contributed by atoms with E-state index in [1.54, 1.807) is 24.0 Å². The third kappa shape index (κ3) is 7.74. The lowest BCUT2D eigenvalue weighted by Gasteiger charge is -2.43. The summed E-state index contributed by atoms with van der Waals surface area (Å²) in [7, 11) is 0. The number of aliphatic hydroxyl groups is 1. The number of hydrogen-bond donors (Lipinski definition) is 2. The van der Waals surface area contributed by atoms with Gasteiger partial charge in [0.15, 0.2) is 0 Å². The largest absolute Gasteiger partial charge is 0.391 e. The Morgan fingerprint density at radius 3 is 2.41 bits per heavy atom. The van der Waals surface area contributed by atoms with Crippen LogP contribution in [0.3, 0.4) is 0 Å². The van der Waals surface area contributed by atoms with Crippen LogP contribution < -0.4 is 5.73 Å². The Morgan fingerprint density at radius 1 is 1.21 bits per heavy atom. The van der Waals surface area contributed by atoms with E-state index in [9.17, 15) is 23.5 Å². The predicted octanol–water partition coefficient (Wildman–Crippen LogP) is 3.60. The molecule has 1 aliphatic heterocycles. The fourth-order valence-electron chi connectivity index (χ4n) is 6.01. The maximum atomic E-state index is 14.2. The number of primary amides is 1. The average molecular weight is 548 g/mol. The topological polar surface area (TPSA) is 96.1 Å². The molecule has 1 aromatic carbocycles. The first-order valence-electron chi connectivity index (χ1n) is 13.9. The van der Waals surface area contributed by atoms with Gasteiger partial charge in [0.2, 0.25) is 11.8 Å². The molecule has 39 heavy (non-hydrogen) atoms. The van der Waals surface area contributed by atoms with E-state index in [-0.39, 0.29) is 31.4 Å². The SMILES string of the molecule is CCCN(CCC)C(=O)C1=CC(C)=CC(C(N)=O)([C@H](Cc2cc(F)cc(F)c2)[C@@H](O)CN2CCOC(C)C2)C1. The summed E-state index contributed by atoms with van der Waals surface area (Å²) >= 11 is 0. The molecule has 0 spiro atoms. The highest BCUT2D eigenvalue weighted by molar-refractivity contribution is 5.96. The molecule has 1 aromatic rings. The first kappa shape index (κ1) is 30.9. The highest BCUT2D eigenvalue weighted by Gasteiger charge is 2.49. The molecule has 2 aliphatic rings. The average Bonchev–Trinajstić information content (AvgIpc) is 2.85. The Balaban J connectivity index is 2.03. The molecule has 3 rings (SSSR count). The lowest BCUT2D eigenvalue weighted by atomic mass is 9.63. The molecule has 1 heterocycles. The number of nitrogens with zero attached hydrogens (tertiary/aromatic N) is 2. The summed E-state index contributed by atoms with van der Waals surface area (Å²) in [4.78, 5) is 30.8. The summed E-state index contributed by atoms with van der Waals surface area (Å²) in [6.07, 6.45) is 3.99. The molecule has 1 saturated heterocycles. The predicted molar refractivity (Wildman–Crippen MR) is 147 cm³/mol. The summed E-state index contributed by atoms with van der Waals surface area (Å²) in [5.41, 5.74) is 6.09. The molecule has 1 fully saturated rings. The van der Waals surface area contributed by atoms with Gasteiger partial charge in [-0.25, -0.2) is 8.78 Å². The second-order valence-electron chi connectivity index (χ2n) is 11.0. The number of allylic oxidation sites excluding steroid dienone is 2. The van der Waals surface area contributed by atoms with E-state index in [2.05, 4.69) is 4.90 Å². The molecule has 7 nitrogen and oxygen atoms in total. The number of benzene rings is 1. The van der Waals surface area contributed by atoms with Crippen molar-refractivity contribution in [1.29, 1.82) is 0 Å². The smallest absolute Gasteiger partial charge is 0.249 e. The number of aliphatic hydroxyl groups excluding tert-OH is 1. The van der Waals surface area contributed by atoms with Crippen LogP contribution in [0.15, 0.2) is 41.5 Å². The van der Waals surface area contributed by atoms with Crippen molar-refractivity contribution in [2.75, 3.05) is 39.3 Å². The summed E-state index contributed by atoms with van der Waals surface area (Å²) in [5.74, 6) is -3.17. The Morgan fingerprint density at radius 2 is 1.85 bits per heavy atom. The van der Waals surface area contributed by atoms with Crippen LogP contribution in [0.25, 0.3) is 0 Å². The van der Waals surface area contributed by atoms with Crippen molar-refractivity contribution in [3.05, 3.63) is 58.7 Å². The fourth-order valence-corrected chi connectivity index (χ4v) is 6.01. The molecule has 0 aromatic heterocycles. The minimum atomic E-state index is -1.44. The molecule has 0 radical (unpaired) electrons. The number of morpholine rings is 1. The molecular weight excluding hydrogens is 504 g/mol. The van der Waals surface area contributed by atoms with Gasteiger partial charge in [0.05, 0.1) is 24.2 Å². The second kappa shape index (κ2) is 13.6. The first-order valence-corrected chi connectivity index (χ1v) is 13.9. The Hall–Kier alpha value is -2.62. The Kier molecular flexibility index (Phi) is 10.8. The standard InChI is InChI=1S/C30H43F2N3O4/c1-5-7-35(8-6-2)28(37)23-11-20(3)16-30(17-23,29(33)38)26(14-22-12-24(31)15-25(32)13-22)27(36)19-34-9-10-39-21(4)18-34/h11-13,15-16,21,26-27,36H,5-10,14,17-19H2,1-4H3,(H2,33,38)/t21?,26-,27+,30?/m1/s1. The van der Waals surface area contributed by atoms with E-state index in [4.69, 9.17) is 10.5 Å². The van der Waals surface area contributed by atoms with E-state index >= 15 is 0 Å². The summed E-state index contributed by atoms with van der Waals surface area (Å²) in [5, 5.41) is 11.7. The zero-order chi connectivity index (χ0) is 28.7. The van der Waals surface area contributed by atoms with Crippen LogP contribution in [0.2, 0.25) is 0 Å². The lowest BCUT2D eigenvalue weighted by molar-refractivity contribution is -0.133. The van der Waals surface area contributed by atoms with Crippen molar-refractivity contribution < 1.29 is 28.2 Å². The number of amides is 2. The van der Waals surface area contributed by atoms with Crippen LogP contribution in [-0.4, -0.2) is 78.3 Å². The van der Waals surface area contributed by atoms with Gasteiger partial charge in [0.25, 0.3) is 0 Å². The molecule has 1 aliphatic carbocycles. The van der Waals surface area contributed by atoms with Crippen molar-refractivity contribution in [3.8, 4) is 0 Å². The first-order chi connectivity index (χ1) is 18.5. The van der Waals surface area contributed by atoms with E-state index < -0.39 is 35.0 Å². The second-order valence-corrected chi connectivity index (χ2v) is 11.0. The van der Waals surface area contributed by atoms with Gasteiger partial charge in [-0.3, -0.25) is 14.5 Å². The number of carbonyl (C=O) groups excluding carboxylic acids is 2. The van der Waals surface area contributed by atoms with Crippen molar-refractivity contribution in [3.63, 3.8) is 0 Å².